The van der Waals surface area contributed by atoms with Crippen LogP contribution in [0.4, 0.5) is 16.0 Å². The van der Waals surface area contributed by atoms with E-state index in [-0.39, 0.29) is 5.82 Å². The average molecular weight is 355 g/mol. The van der Waals surface area contributed by atoms with Gasteiger partial charge in [-0.2, -0.15) is 4.98 Å². The molecule has 0 fully saturated rings. The van der Waals surface area contributed by atoms with Crippen LogP contribution in [0, 0.1) is 19.7 Å². The van der Waals surface area contributed by atoms with Gasteiger partial charge in [-0.15, -0.1) is 5.10 Å². The van der Waals surface area contributed by atoms with E-state index in [9.17, 15) is 9.50 Å². The molecule has 0 aliphatic rings. The Morgan fingerprint density at radius 3 is 2.73 bits per heavy atom. The summed E-state index contributed by atoms with van der Waals surface area (Å²) in [4.78, 5) is 8.77. The highest BCUT2D eigenvalue weighted by Crippen LogP contribution is 2.23. The molecule has 0 aliphatic heterocycles. The third-order valence-electron chi connectivity index (χ3n) is 4.10. The van der Waals surface area contributed by atoms with E-state index in [2.05, 4.69) is 20.4 Å². The molecule has 2 N–H and O–H groups in total. The zero-order valence-corrected chi connectivity index (χ0v) is 15.1. The maximum absolute atomic E-state index is 13.5. The van der Waals surface area contributed by atoms with Crippen LogP contribution in [0.3, 0.4) is 0 Å². The topological polar surface area (TPSA) is 75.9 Å². The van der Waals surface area contributed by atoms with Crippen LogP contribution in [0.25, 0.3) is 11.4 Å². The standard InChI is InChI=1S/C19H22FN5O/c1-4-16(26)11-25-18(14-7-8-21-13(3)10-14)23-19(24-25)22-15-5-6-17(20)12(2)9-15/h5-10,16,26H,4,11H2,1-3H3,(H,22,24)/t16-/m0/s1. The minimum atomic E-state index is -0.515. The SMILES string of the molecule is CC[C@H](O)Cn1nc(Nc2ccc(F)c(C)c2)nc1-c1ccnc(C)c1. The first-order valence-corrected chi connectivity index (χ1v) is 8.55. The summed E-state index contributed by atoms with van der Waals surface area (Å²) in [7, 11) is 0. The van der Waals surface area contributed by atoms with Crippen LogP contribution in [0.15, 0.2) is 36.5 Å². The third kappa shape index (κ3) is 4.05. The predicted molar refractivity (Wildman–Crippen MR) is 98.7 cm³/mol. The molecule has 0 aliphatic carbocycles. The lowest BCUT2D eigenvalue weighted by Gasteiger charge is -2.10. The number of aliphatic hydroxyl groups is 1. The zero-order valence-electron chi connectivity index (χ0n) is 15.1. The molecule has 1 aromatic carbocycles. The minimum Gasteiger partial charge on any atom is -0.391 e. The molecule has 0 saturated heterocycles. The van der Waals surface area contributed by atoms with Crippen LogP contribution in [0.5, 0.6) is 0 Å². The van der Waals surface area contributed by atoms with Gasteiger partial charge in [-0.25, -0.2) is 9.07 Å². The fourth-order valence-corrected chi connectivity index (χ4v) is 2.60. The fraction of sp³-hybridized carbons (Fsp3) is 0.316. The maximum atomic E-state index is 13.5. The van der Waals surface area contributed by atoms with Crippen molar-refractivity contribution < 1.29 is 9.50 Å². The molecular formula is C19H22FN5O. The van der Waals surface area contributed by atoms with E-state index in [0.29, 0.717) is 36.0 Å². The second-order valence-electron chi connectivity index (χ2n) is 6.28. The van der Waals surface area contributed by atoms with Crippen LogP contribution in [0.2, 0.25) is 0 Å². The Bertz CT molecular complexity index is 909. The first-order chi connectivity index (χ1) is 12.5. The smallest absolute Gasteiger partial charge is 0.247 e. The van der Waals surface area contributed by atoms with E-state index in [4.69, 9.17) is 0 Å². The van der Waals surface area contributed by atoms with Gasteiger partial charge >= 0.3 is 0 Å². The minimum absolute atomic E-state index is 0.256. The van der Waals surface area contributed by atoms with Gasteiger partial charge in [-0.05, 0) is 56.2 Å². The second kappa shape index (κ2) is 7.61. The van der Waals surface area contributed by atoms with Crippen LogP contribution in [0.1, 0.15) is 24.6 Å². The Labute approximate surface area is 151 Å². The van der Waals surface area contributed by atoms with Gasteiger partial charge in [0.2, 0.25) is 5.95 Å². The molecule has 1 atom stereocenters. The van der Waals surface area contributed by atoms with Crippen molar-refractivity contribution in [2.24, 2.45) is 0 Å². The molecule has 2 aromatic heterocycles. The molecule has 26 heavy (non-hydrogen) atoms. The first-order valence-electron chi connectivity index (χ1n) is 8.55. The number of hydrogen-bond acceptors (Lipinski definition) is 5. The van der Waals surface area contributed by atoms with Crippen molar-refractivity contribution in [2.75, 3.05) is 5.32 Å². The third-order valence-corrected chi connectivity index (χ3v) is 4.10. The van der Waals surface area contributed by atoms with Gasteiger partial charge in [-0.3, -0.25) is 4.98 Å². The van der Waals surface area contributed by atoms with Crippen LogP contribution < -0.4 is 5.32 Å². The van der Waals surface area contributed by atoms with E-state index in [0.717, 1.165) is 11.3 Å². The molecule has 0 radical (unpaired) electrons. The van der Waals surface area contributed by atoms with Crippen molar-refractivity contribution in [2.45, 2.75) is 39.8 Å². The molecule has 7 heteroatoms. The highest BCUT2D eigenvalue weighted by molar-refractivity contribution is 5.60. The van der Waals surface area contributed by atoms with E-state index < -0.39 is 6.10 Å². The molecule has 0 unspecified atom stereocenters. The Kier molecular flexibility index (Phi) is 5.27. The van der Waals surface area contributed by atoms with Crippen molar-refractivity contribution >= 4 is 11.6 Å². The Morgan fingerprint density at radius 1 is 1.23 bits per heavy atom. The molecule has 6 nitrogen and oxygen atoms in total. The maximum Gasteiger partial charge on any atom is 0.247 e. The number of halogens is 1. The zero-order chi connectivity index (χ0) is 18.7. The summed E-state index contributed by atoms with van der Waals surface area (Å²) in [5, 5.41) is 17.6. The number of pyridine rings is 1. The van der Waals surface area contributed by atoms with Gasteiger partial charge in [0.15, 0.2) is 5.82 Å². The molecule has 0 bridgehead atoms. The number of benzene rings is 1. The quantitative estimate of drug-likeness (QED) is 0.706. The van der Waals surface area contributed by atoms with E-state index in [1.807, 2.05) is 26.0 Å². The van der Waals surface area contributed by atoms with Gasteiger partial charge in [0.25, 0.3) is 0 Å². The number of aromatic nitrogens is 4. The lowest BCUT2D eigenvalue weighted by molar-refractivity contribution is 0.146. The molecule has 0 amide bonds. The van der Waals surface area contributed by atoms with Crippen molar-refractivity contribution in [3.8, 4) is 11.4 Å². The van der Waals surface area contributed by atoms with Gasteiger partial charge < -0.3 is 10.4 Å². The second-order valence-corrected chi connectivity index (χ2v) is 6.28. The number of aryl methyl sites for hydroxylation is 2. The molecule has 0 spiro atoms. The Balaban J connectivity index is 1.96. The molecule has 3 aromatic rings. The highest BCUT2D eigenvalue weighted by atomic mass is 19.1. The number of nitrogens with one attached hydrogen (secondary N) is 1. The molecule has 136 valence electrons. The number of nitrogens with zero attached hydrogens (tertiary/aromatic N) is 4. The summed E-state index contributed by atoms with van der Waals surface area (Å²) < 4.78 is 15.1. The van der Waals surface area contributed by atoms with Crippen LogP contribution >= 0.6 is 0 Å². The predicted octanol–water partition coefficient (Wildman–Crippen LogP) is 3.61. The number of hydrogen-bond donors (Lipinski definition) is 2. The average Bonchev–Trinajstić information content (AvgIpc) is 3.00. The largest absolute Gasteiger partial charge is 0.391 e. The highest BCUT2D eigenvalue weighted by Gasteiger charge is 2.15. The van der Waals surface area contributed by atoms with Gasteiger partial charge in [0, 0.05) is 23.1 Å². The van der Waals surface area contributed by atoms with Gasteiger partial charge in [0.1, 0.15) is 5.82 Å². The number of rotatable bonds is 6. The number of aliphatic hydroxyl groups excluding tert-OH is 1. The lowest BCUT2D eigenvalue weighted by Crippen LogP contribution is -2.16. The van der Waals surface area contributed by atoms with Crippen molar-refractivity contribution in [1.29, 1.82) is 0 Å². The normalized spacial score (nSPS) is 12.2. The van der Waals surface area contributed by atoms with Gasteiger partial charge in [0.05, 0.1) is 12.6 Å². The molecule has 0 saturated carbocycles. The summed E-state index contributed by atoms with van der Waals surface area (Å²) in [5.41, 5.74) is 2.99. The summed E-state index contributed by atoms with van der Waals surface area (Å²) in [6.45, 7) is 5.86. The summed E-state index contributed by atoms with van der Waals surface area (Å²) in [6.07, 6.45) is 1.82. The van der Waals surface area contributed by atoms with E-state index in [1.165, 1.54) is 6.07 Å². The lowest BCUT2D eigenvalue weighted by atomic mass is 10.2. The monoisotopic (exact) mass is 355 g/mol. The fourth-order valence-electron chi connectivity index (χ4n) is 2.60. The molecule has 2 heterocycles. The van der Waals surface area contributed by atoms with Gasteiger partial charge in [-0.1, -0.05) is 6.92 Å². The first kappa shape index (κ1) is 18.0. The Morgan fingerprint density at radius 2 is 2.04 bits per heavy atom. The van der Waals surface area contributed by atoms with Crippen LogP contribution in [-0.2, 0) is 6.54 Å². The summed E-state index contributed by atoms with van der Waals surface area (Å²) in [5.74, 6) is 0.779. The summed E-state index contributed by atoms with van der Waals surface area (Å²) >= 11 is 0. The van der Waals surface area contributed by atoms with Crippen molar-refractivity contribution in [3.05, 3.63) is 53.6 Å². The van der Waals surface area contributed by atoms with Crippen LogP contribution in [-0.4, -0.2) is 31.0 Å². The van der Waals surface area contributed by atoms with Crippen molar-refractivity contribution in [1.82, 2.24) is 19.7 Å². The molecule has 3 rings (SSSR count). The van der Waals surface area contributed by atoms with Crippen molar-refractivity contribution in [3.63, 3.8) is 0 Å². The Hall–Kier alpha value is -2.80. The van der Waals surface area contributed by atoms with E-state index in [1.54, 1.807) is 29.9 Å². The van der Waals surface area contributed by atoms with E-state index >= 15 is 0 Å². The summed E-state index contributed by atoms with van der Waals surface area (Å²) in [6, 6.07) is 8.53. The molecular weight excluding hydrogens is 333 g/mol. The number of anilines is 2.